The molecule has 2 aromatic rings. The topological polar surface area (TPSA) is 98.2 Å². The number of ketones is 2. The second-order valence-corrected chi connectivity index (χ2v) is 10.4. The van der Waals surface area contributed by atoms with Crippen molar-refractivity contribution in [3.63, 3.8) is 0 Å². The van der Waals surface area contributed by atoms with Gasteiger partial charge in [-0.25, -0.2) is 0 Å². The highest BCUT2D eigenvalue weighted by Gasteiger charge is 2.42. The second kappa shape index (κ2) is 8.48. The van der Waals surface area contributed by atoms with Gasteiger partial charge in [0, 0.05) is 47.3 Å². The molecule has 182 valence electrons. The molecule has 6 rings (SSSR count). The molecule has 0 radical (unpaired) electrons. The maximum atomic E-state index is 13.4. The van der Waals surface area contributed by atoms with E-state index in [1.165, 1.54) is 19.3 Å². The van der Waals surface area contributed by atoms with Gasteiger partial charge >= 0.3 is 0 Å². The summed E-state index contributed by atoms with van der Waals surface area (Å²) in [6, 6.07) is 6.99. The summed E-state index contributed by atoms with van der Waals surface area (Å²) in [7, 11) is 0. The molecular formula is C28H30N2O5. The average molecular weight is 475 g/mol. The summed E-state index contributed by atoms with van der Waals surface area (Å²) in [4.78, 5) is 44.2. The number of nitrogens with zero attached hydrogens (tertiary/aromatic N) is 2. The third-order valence-electron chi connectivity index (χ3n) is 8.46. The van der Waals surface area contributed by atoms with Crippen LogP contribution in [0.1, 0.15) is 75.1 Å². The number of carbonyl (C=O) groups excluding carboxylic acids is 3. The number of hydrogen-bond acceptors (Lipinski definition) is 6. The summed E-state index contributed by atoms with van der Waals surface area (Å²) >= 11 is 0. The van der Waals surface area contributed by atoms with Gasteiger partial charge in [-0.05, 0) is 51.6 Å². The lowest BCUT2D eigenvalue weighted by Crippen LogP contribution is -2.49. The first-order valence-corrected chi connectivity index (χ1v) is 12.8. The van der Waals surface area contributed by atoms with Gasteiger partial charge in [-0.15, -0.1) is 0 Å². The van der Waals surface area contributed by atoms with Crippen molar-refractivity contribution in [1.82, 2.24) is 9.80 Å². The fourth-order valence-electron chi connectivity index (χ4n) is 6.59. The minimum Gasteiger partial charge on any atom is -0.507 e. The van der Waals surface area contributed by atoms with Crippen LogP contribution >= 0.6 is 0 Å². The predicted molar refractivity (Wildman–Crippen MR) is 129 cm³/mol. The number of carbonyl (C=O) groups is 3. The lowest BCUT2D eigenvalue weighted by Gasteiger charge is -2.40. The molecule has 0 aromatic heterocycles. The van der Waals surface area contributed by atoms with Gasteiger partial charge in [0.05, 0.1) is 11.1 Å². The highest BCUT2D eigenvalue weighted by atomic mass is 16.3. The molecule has 35 heavy (non-hydrogen) atoms. The third-order valence-corrected chi connectivity index (χ3v) is 8.46. The highest BCUT2D eigenvalue weighted by molar-refractivity contribution is 6.30. The van der Waals surface area contributed by atoms with E-state index in [0.717, 1.165) is 25.9 Å². The van der Waals surface area contributed by atoms with E-state index in [4.69, 9.17) is 0 Å². The van der Waals surface area contributed by atoms with Crippen LogP contribution in [0.5, 0.6) is 11.5 Å². The number of phenolic OH excluding ortho intramolecular Hbond substituents is 2. The van der Waals surface area contributed by atoms with E-state index in [9.17, 15) is 24.6 Å². The first kappa shape index (κ1) is 22.3. The van der Waals surface area contributed by atoms with Crippen LogP contribution in [0.2, 0.25) is 0 Å². The van der Waals surface area contributed by atoms with Crippen molar-refractivity contribution in [2.75, 3.05) is 26.2 Å². The number of fused-ring (bicyclic) bond motifs is 3. The molecule has 0 unspecified atom stereocenters. The second-order valence-electron chi connectivity index (χ2n) is 10.4. The maximum Gasteiger partial charge on any atom is 0.226 e. The first-order valence-electron chi connectivity index (χ1n) is 12.8. The number of benzene rings is 2. The van der Waals surface area contributed by atoms with Gasteiger partial charge in [0.1, 0.15) is 11.5 Å². The number of hydrogen-bond donors (Lipinski definition) is 2. The molecule has 2 N–H and O–H groups in total. The van der Waals surface area contributed by atoms with E-state index in [1.54, 1.807) is 24.3 Å². The van der Waals surface area contributed by atoms with Crippen LogP contribution in [0, 0.1) is 5.92 Å². The summed E-state index contributed by atoms with van der Waals surface area (Å²) in [5, 5.41) is 22.1. The van der Waals surface area contributed by atoms with Crippen molar-refractivity contribution in [2.24, 2.45) is 5.92 Å². The Hall–Kier alpha value is -3.19. The van der Waals surface area contributed by atoms with E-state index in [1.807, 2.05) is 4.90 Å². The van der Waals surface area contributed by atoms with E-state index in [2.05, 4.69) is 4.90 Å². The Morgan fingerprint density at radius 2 is 1.29 bits per heavy atom. The van der Waals surface area contributed by atoms with Crippen molar-refractivity contribution in [1.29, 1.82) is 0 Å². The predicted octanol–water partition coefficient (Wildman–Crippen LogP) is 3.06. The normalized spacial score (nSPS) is 21.1. The lowest BCUT2D eigenvalue weighted by atomic mass is 9.81. The van der Waals surface area contributed by atoms with Crippen LogP contribution in [-0.4, -0.2) is 69.7 Å². The van der Waals surface area contributed by atoms with Crippen LogP contribution in [0.15, 0.2) is 24.3 Å². The first-order chi connectivity index (χ1) is 17.0. The zero-order valence-electron chi connectivity index (χ0n) is 19.8. The van der Waals surface area contributed by atoms with Gasteiger partial charge in [-0.1, -0.05) is 30.7 Å². The van der Waals surface area contributed by atoms with Gasteiger partial charge in [0.25, 0.3) is 0 Å². The standard InChI is InChI=1S/C28H30N2O5/c31-24-18-6-2-3-7-19(18)25(32)23-22(24)26(33)20-14-16(15-21(20)27(23)34)28(35)30-12-8-17(9-13-30)29-10-4-1-5-11-29/h2-3,6-7,16-17,33-34H,1,4-5,8-15H2. The SMILES string of the molecule is O=C1c2ccccc2C(=O)c2c(O)c3c(c(O)c21)CC(C(=O)N1CCC(N2CCCCC2)CC1)C3. The largest absolute Gasteiger partial charge is 0.507 e. The van der Waals surface area contributed by atoms with E-state index in [0.29, 0.717) is 30.3 Å². The highest BCUT2D eigenvalue weighted by Crippen LogP contribution is 2.47. The molecule has 2 aliphatic heterocycles. The van der Waals surface area contributed by atoms with Crippen LogP contribution in [-0.2, 0) is 17.6 Å². The number of aromatic hydroxyl groups is 2. The summed E-state index contributed by atoms with van der Waals surface area (Å²) in [5.41, 5.74) is 1.01. The smallest absolute Gasteiger partial charge is 0.226 e. The summed E-state index contributed by atoms with van der Waals surface area (Å²) in [6.07, 6.45) is 6.28. The number of amides is 1. The zero-order valence-corrected chi connectivity index (χ0v) is 19.8. The molecule has 2 aromatic carbocycles. The average Bonchev–Trinajstić information content (AvgIpc) is 3.36. The lowest BCUT2D eigenvalue weighted by molar-refractivity contribution is -0.136. The molecular weight excluding hydrogens is 444 g/mol. The molecule has 1 amide bonds. The van der Waals surface area contributed by atoms with Crippen molar-refractivity contribution >= 4 is 17.5 Å². The monoisotopic (exact) mass is 474 g/mol. The molecule has 0 atom stereocenters. The van der Waals surface area contributed by atoms with Gasteiger partial charge in [0.15, 0.2) is 11.6 Å². The Morgan fingerprint density at radius 3 is 1.80 bits per heavy atom. The Kier molecular flexibility index (Phi) is 5.40. The van der Waals surface area contributed by atoms with E-state index >= 15 is 0 Å². The fraction of sp³-hybridized carbons (Fsp3) is 0.464. The van der Waals surface area contributed by atoms with Crippen molar-refractivity contribution in [3.8, 4) is 11.5 Å². The summed E-state index contributed by atoms with van der Waals surface area (Å²) < 4.78 is 0. The molecule has 2 fully saturated rings. The van der Waals surface area contributed by atoms with Gasteiger partial charge in [-0.2, -0.15) is 0 Å². The minimum absolute atomic E-state index is 0.0241. The van der Waals surface area contributed by atoms with Crippen LogP contribution in [0.3, 0.4) is 0 Å². The fourth-order valence-corrected chi connectivity index (χ4v) is 6.59. The van der Waals surface area contributed by atoms with Crippen LogP contribution in [0.4, 0.5) is 0 Å². The molecule has 0 bridgehead atoms. The van der Waals surface area contributed by atoms with Gasteiger partial charge in [0.2, 0.25) is 5.91 Å². The number of piperidine rings is 2. The molecule has 0 saturated carbocycles. The van der Waals surface area contributed by atoms with Gasteiger partial charge < -0.3 is 20.0 Å². The van der Waals surface area contributed by atoms with E-state index in [-0.39, 0.29) is 52.5 Å². The Balaban J connectivity index is 1.23. The Morgan fingerprint density at radius 1 is 0.771 bits per heavy atom. The molecule has 2 heterocycles. The maximum absolute atomic E-state index is 13.4. The molecule has 2 aliphatic carbocycles. The molecule has 7 nitrogen and oxygen atoms in total. The zero-order chi connectivity index (χ0) is 24.3. The minimum atomic E-state index is -0.472. The molecule has 0 spiro atoms. The van der Waals surface area contributed by atoms with Crippen molar-refractivity contribution in [2.45, 2.75) is 51.0 Å². The van der Waals surface area contributed by atoms with Gasteiger partial charge in [-0.3, -0.25) is 14.4 Å². The molecule has 2 saturated heterocycles. The van der Waals surface area contributed by atoms with Crippen molar-refractivity contribution < 1.29 is 24.6 Å². The van der Waals surface area contributed by atoms with Crippen LogP contribution in [0.25, 0.3) is 0 Å². The Bertz CT molecular complexity index is 1170. The van der Waals surface area contributed by atoms with E-state index < -0.39 is 17.5 Å². The quantitative estimate of drug-likeness (QED) is 0.554. The summed E-state index contributed by atoms with van der Waals surface area (Å²) in [6.45, 7) is 3.74. The number of likely N-dealkylation sites (tertiary alicyclic amines) is 2. The molecule has 7 heteroatoms. The third kappa shape index (κ3) is 3.47. The number of rotatable bonds is 2. The molecule has 4 aliphatic rings. The summed E-state index contributed by atoms with van der Waals surface area (Å²) in [5.74, 6) is -1.86. The number of phenols is 2. The van der Waals surface area contributed by atoms with Crippen molar-refractivity contribution in [3.05, 3.63) is 57.6 Å². The Labute approximate surface area is 204 Å². The van der Waals surface area contributed by atoms with Crippen LogP contribution < -0.4 is 0 Å².